The molecule has 0 spiro atoms. The Bertz CT molecular complexity index is 3660. The van der Waals surface area contributed by atoms with Gasteiger partial charge in [0.15, 0.2) is 0 Å². The molecule has 0 unspecified atom stereocenters. The van der Waals surface area contributed by atoms with Gasteiger partial charge in [-0.1, -0.05) is 243 Å². The minimum Gasteiger partial charge on any atom is -0.310 e. The highest BCUT2D eigenvalue weighted by molar-refractivity contribution is 6.25. The average molecular weight is 878 g/mol. The first-order valence-corrected chi connectivity index (χ1v) is 23.7. The lowest BCUT2D eigenvalue weighted by molar-refractivity contribution is 1.30. The zero-order valence-electron chi connectivity index (χ0n) is 38.1. The van der Waals surface area contributed by atoms with Crippen molar-refractivity contribution in [3.8, 4) is 77.9 Å². The summed E-state index contributed by atoms with van der Waals surface area (Å²) in [5.41, 5.74) is 19.8. The molecule has 0 atom stereocenters. The van der Waals surface area contributed by atoms with Crippen molar-refractivity contribution >= 4 is 38.6 Å². The van der Waals surface area contributed by atoms with Crippen LogP contribution in [0.15, 0.2) is 285 Å². The van der Waals surface area contributed by atoms with Gasteiger partial charge in [0.1, 0.15) is 0 Å². The summed E-state index contributed by atoms with van der Waals surface area (Å²) in [5, 5.41) is 4.85. The third-order valence-corrected chi connectivity index (χ3v) is 13.4. The molecule has 0 bridgehead atoms. The molecule has 0 saturated heterocycles. The quantitative estimate of drug-likeness (QED) is 0.124. The van der Waals surface area contributed by atoms with Gasteiger partial charge < -0.3 is 4.90 Å². The van der Waals surface area contributed by atoms with Crippen LogP contribution in [0.2, 0.25) is 0 Å². The summed E-state index contributed by atoms with van der Waals surface area (Å²) in [6, 6.07) is 104. The topological polar surface area (TPSA) is 3.24 Å². The zero-order valence-corrected chi connectivity index (χ0v) is 38.1. The van der Waals surface area contributed by atoms with E-state index in [4.69, 9.17) is 0 Å². The van der Waals surface area contributed by atoms with Crippen LogP contribution in [0.4, 0.5) is 17.1 Å². The number of benzene rings is 12. The molecule has 0 aliphatic carbocycles. The molecule has 0 aromatic heterocycles. The maximum atomic E-state index is 2.50. The van der Waals surface area contributed by atoms with E-state index in [2.05, 4.69) is 290 Å². The van der Waals surface area contributed by atoms with E-state index >= 15 is 0 Å². The maximum absolute atomic E-state index is 2.50. The number of hydrogen-bond acceptors (Lipinski definition) is 1. The number of nitrogens with zero attached hydrogens (tertiary/aromatic N) is 1. The smallest absolute Gasteiger partial charge is 0.0546 e. The number of fused-ring (bicyclic) bond motifs is 3. The summed E-state index contributed by atoms with van der Waals surface area (Å²) in [4.78, 5) is 2.50. The van der Waals surface area contributed by atoms with E-state index < -0.39 is 0 Å². The summed E-state index contributed by atoms with van der Waals surface area (Å²) in [6.07, 6.45) is 0. The van der Waals surface area contributed by atoms with Gasteiger partial charge in [-0.15, -0.1) is 0 Å². The van der Waals surface area contributed by atoms with E-state index in [-0.39, 0.29) is 0 Å². The minimum absolute atomic E-state index is 1.06. The molecule has 0 radical (unpaired) electrons. The molecule has 0 heterocycles. The number of hydrogen-bond donors (Lipinski definition) is 0. The van der Waals surface area contributed by atoms with Gasteiger partial charge in [-0.05, 0) is 131 Å². The molecule has 12 aromatic rings. The van der Waals surface area contributed by atoms with Crippen molar-refractivity contribution in [3.05, 3.63) is 285 Å². The number of anilines is 3. The first-order chi connectivity index (χ1) is 34.2. The van der Waals surface area contributed by atoms with Gasteiger partial charge in [0.25, 0.3) is 0 Å². The van der Waals surface area contributed by atoms with Crippen LogP contribution in [0.3, 0.4) is 0 Å². The van der Waals surface area contributed by atoms with Gasteiger partial charge in [-0.3, -0.25) is 0 Å². The summed E-state index contributed by atoms with van der Waals surface area (Å²) in [6.45, 7) is 0. The van der Waals surface area contributed by atoms with E-state index in [9.17, 15) is 0 Å². The molecular weight excluding hydrogens is 831 g/mol. The lowest BCUT2D eigenvalue weighted by Crippen LogP contribution is -2.11. The van der Waals surface area contributed by atoms with Gasteiger partial charge in [0.2, 0.25) is 0 Å². The number of rotatable bonds is 10. The molecule has 0 fully saturated rings. The van der Waals surface area contributed by atoms with Crippen molar-refractivity contribution in [2.24, 2.45) is 0 Å². The maximum Gasteiger partial charge on any atom is 0.0546 e. The lowest BCUT2D eigenvalue weighted by Gasteiger charge is -2.30. The van der Waals surface area contributed by atoms with Crippen molar-refractivity contribution < 1.29 is 0 Å². The Kier molecular flexibility index (Phi) is 11.0. The van der Waals surface area contributed by atoms with Crippen molar-refractivity contribution in [1.82, 2.24) is 0 Å². The Morgan fingerprint density at radius 3 is 1.17 bits per heavy atom. The SMILES string of the molecule is c1ccc(-c2cc(-c3ccccc3)cc(N(c3ccc(-c4ccc(-c5ccccc5)cc4-c4ccccc4)cc3)c3cccc4c3c(-c3ccccc3)c(-c3ccccc3)c3ccccc34)c2)cc1. The standard InChI is InChI=1S/C68H47N/c1-7-22-48(23-8-1)55-40-43-60(64(47-55)51-28-13-4-14-29-51)52-38-41-58(42-39-52)69(59-45-56(49-24-9-2-10-25-49)44-57(46-59)50-26-11-3-12-27-50)65-37-21-36-63-61-34-19-20-35-62(61)66(53-30-15-5-16-31-53)67(68(63)65)54-32-17-6-18-33-54/h1-47H. The second-order valence-electron chi connectivity index (χ2n) is 17.6. The van der Waals surface area contributed by atoms with E-state index in [1.54, 1.807) is 0 Å². The Morgan fingerprint density at radius 1 is 0.203 bits per heavy atom. The molecule has 0 amide bonds. The molecule has 324 valence electrons. The summed E-state index contributed by atoms with van der Waals surface area (Å²) in [5.74, 6) is 0. The lowest BCUT2D eigenvalue weighted by atomic mass is 9.84. The molecule has 69 heavy (non-hydrogen) atoms. The molecule has 0 aliphatic rings. The normalized spacial score (nSPS) is 11.2. The Hall–Kier alpha value is -9.04. The van der Waals surface area contributed by atoms with Gasteiger partial charge in [-0.2, -0.15) is 0 Å². The van der Waals surface area contributed by atoms with Crippen LogP contribution in [-0.2, 0) is 0 Å². The van der Waals surface area contributed by atoms with Gasteiger partial charge in [0, 0.05) is 22.3 Å². The second kappa shape index (κ2) is 18.3. The van der Waals surface area contributed by atoms with Crippen LogP contribution in [0.1, 0.15) is 0 Å². The van der Waals surface area contributed by atoms with Crippen molar-refractivity contribution in [2.45, 2.75) is 0 Å². The summed E-state index contributed by atoms with van der Waals surface area (Å²) < 4.78 is 0. The highest BCUT2D eigenvalue weighted by Gasteiger charge is 2.25. The fourth-order valence-corrected chi connectivity index (χ4v) is 10.2. The van der Waals surface area contributed by atoms with Crippen LogP contribution in [-0.4, -0.2) is 0 Å². The average Bonchev–Trinajstić information content (AvgIpc) is 3.44. The molecule has 0 N–H and O–H groups in total. The first-order valence-electron chi connectivity index (χ1n) is 23.7. The Morgan fingerprint density at radius 2 is 0.623 bits per heavy atom. The summed E-state index contributed by atoms with van der Waals surface area (Å²) >= 11 is 0. The molecule has 12 rings (SSSR count). The predicted molar refractivity (Wildman–Crippen MR) is 294 cm³/mol. The van der Waals surface area contributed by atoms with Crippen LogP contribution in [0, 0.1) is 0 Å². The molecular formula is C68H47N. The van der Waals surface area contributed by atoms with Gasteiger partial charge >= 0.3 is 0 Å². The molecule has 0 aliphatic heterocycles. The van der Waals surface area contributed by atoms with E-state index in [0.29, 0.717) is 0 Å². The van der Waals surface area contributed by atoms with E-state index in [0.717, 1.165) is 33.8 Å². The van der Waals surface area contributed by atoms with E-state index in [1.165, 1.54) is 82.7 Å². The van der Waals surface area contributed by atoms with Gasteiger partial charge in [-0.25, -0.2) is 0 Å². The molecule has 0 saturated carbocycles. The Labute approximate surface area is 404 Å². The molecule has 12 aromatic carbocycles. The fraction of sp³-hybridized carbons (Fsp3) is 0. The zero-order chi connectivity index (χ0) is 45.9. The minimum atomic E-state index is 1.06. The summed E-state index contributed by atoms with van der Waals surface area (Å²) in [7, 11) is 0. The third kappa shape index (κ3) is 7.97. The Balaban J connectivity index is 1.14. The highest BCUT2D eigenvalue weighted by atomic mass is 15.1. The van der Waals surface area contributed by atoms with Gasteiger partial charge in [0.05, 0.1) is 5.69 Å². The molecule has 1 heteroatoms. The van der Waals surface area contributed by atoms with Crippen molar-refractivity contribution in [1.29, 1.82) is 0 Å². The highest BCUT2D eigenvalue weighted by Crippen LogP contribution is 2.51. The van der Waals surface area contributed by atoms with Crippen molar-refractivity contribution in [2.75, 3.05) is 4.90 Å². The predicted octanol–water partition coefficient (Wildman–Crippen LogP) is 19.1. The fourth-order valence-electron chi connectivity index (χ4n) is 10.2. The monoisotopic (exact) mass is 877 g/mol. The molecule has 1 nitrogen and oxygen atoms in total. The second-order valence-corrected chi connectivity index (χ2v) is 17.6. The van der Waals surface area contributed by atoms with Crippen LogP contribution >= 0.6 is 0 Å². The third-order valence-electron chi connectivity index (χ3n) is 13.4. The van der Waals surface area contributed by atoms with Crippen LogP contribution in [0.25, 0.3) is 99.4 Å². The van der Waals surface area contributed by atoms with E-state index in [1.807, 2.05) is 0 Å². The van der Waals surface area contributed by atoms with Crippen LogP contribution < -0.4 is 4.90 Å². The largest absolute Gasteiger partial charge is 0.310 e. The van der Waals surface area contributed by atoms with Crippen LogP contribution in [0.5, 0.6) is 0 Å². The first kappa shape index (κ1) is 41.4. The van der Waals surface area contributed by atoms with Crippen molar-refractivity contribution in [3.63, 3.8) is 0 Å².